The second-order valence-electron chi connectivity index (χ2n) is 2.81. The molecule has 1 radical (unpaired) electrons. The van der Waals surface area contributed by atoms with Gasteiger partial charge in [-0.05, 0) is 18.1 Å². The number of aromatic amines is 1. The monoisotopic (exact) mass is 176 g/mol. The van der Waals surface area contributed by atoms with E-state index in [1.807, 2.05) is 6.07 Å². The molecule has 1 heterocycles. The van der Waals surface area contributed by atoms with E-state index in [0.717, 1.165) is 12.2 Å². The Hall–Kier alpha value is -0.890. The zero-order valence-corrected chi connectivity index (χ0v) is 7.53. The Morgan fingerprint density at radius 2 is 2.08 bits per heavy atom. The van der Waals surface area contributed by atoms with Crippen molar-refractivity contribution in [2.24, 2.45) is 0 Å². The quantitative estimate of drug-likeness (QED) is 0.724. The van der Waals surface area contributed by atoms with Crippen LogP contribution in [0.3, 0.4) is 0 Å². The molecule has 0 saturated heterocycles. The molecule has 0 amide bonds. The number of rotatable bonds is 2. The first-order valence-electron chi connectivity index (χ1n) is 4.05. The van der Waals surface area contributed by atoms with E-state index in [0.29, 0.717) is 0 Å². The lowest BCUT2D eigenvalue weighted by Crippen LogP contribution is -1.81. The van der Waals surface area contributed by atoms with Gasteiger partial charge in [0.15, 0.2) is 0 Å². The van der Waals surface area contributed by atoms with Gasteiger partial charge in [0.05, 0.1) is 0 Å². The molecule has 1 aromatic carbocycles. The Bertz CT molecular complexity index is 378. The van der Waals surface area contributed by atoms with Gasteiger partial charge in [-0.3, -0.25) is 0 Å². The molecule has 1 nitrogen and oxygen atoms in total. The highest BCUT2D eigenvalue weighted by Crippen LogP contribution is 2.17. The Balaban J connectivity index is 2.55. The summed E-state index contributed by atoms with van der Waals surface area (Å²) in [7, 11) is 0. The highest BCUT2D eigenvalue weighted by atomic mass is 32.1. The summed E-state index contributed by atoms with van der Waals surface area (Å²) in [5.74, 6) is 0.793. The van der Waals surface area contributed by atoms with Gasteiger partial charge in [-0.25, -0.2) is 0 Å². The van der Waals surface area contributed by atoms with E-state index in [4.69, 9.17) is 12.6 Å². The van der Waals surface area contributed by atoms with Crippen LogP contribution in [0.1, 0.15) is 5.56 Å². The van der Waals surface area contributed by atoms with Crippen molar-refractivity contribution < 1.29 is 0 Å². The smallest absolute Gasteiger partial charge is 0.0456 e. The van der Waals surface area contributed by atoms with Crippen molar-refractivity contribution >= 4 is 23.5 Å². The van der Waals surface area contributed by atoms with Gasteiger partial charge in [0, 0.05) is 22.9 Å². The summed E-state index contributed by atoms with van der Waals surface area (Å²) in [5.41, 5.74) is 2.54. The molecule has 2 aromatic rings. The van der Waals surface area contributed by atoms with E-state index in [-0.39, 0.29) is 0 Å². The summed E-state index contributed by atoms with van der Waals surface area (Å²) in [4.78, 5) is 3.23. The summed E-state index contributed by atoms with van der Waals surface area (Å²) in [6.45, 7) is 0. The van der Waals surface area contributed by atoms with Gasteiger partial charge in [-0.15, -0.1) is 0 Å². The van der Waals surface area contributed by atoms with Crippen molar-refractivity contribution in [2.45, 2.75) is 6.42 Å². The Morgan fingerprint density at radius 1 is 1.25 bits per heavy atom. The Labute approximate surface area is 77.2 Å². The molecule has 2 heteroatoms. The molecule has 0 bridgehead atoms. The number of hydrogen-bond donors (Lipinski definition) is 1. The number of fused-ring (bicyclic) bond motifs is 1. The van der Waals surface area contributed by atoms with Gasteiger partial charge in [-0.2, -0.15) is 0 Å². The van der Waals surface area contributed by atoms with Gasteiger partial charge in [0.1, 0.15) is 0 Å². The number of aromatic nitrogens is 1. The molecule has 61 valence electrons. The molecule has 0 aliphatic rings. The fourth-order valence-electron chi connectivity index (χ4n) is 1.45. The van der Waals surface area contributed by atoms with E-state index in [2.05, 4.69) is 29.4 Å². The molecule has 12 heavy (non-hydrogen) atoms. The Morgan fingerprint density at radius 3 is 2.92 bits per heavy atom. The van der Waals surface area contributed by atoms with Gasteiger partial charge < -0.3 is 4.98 Å². The zero-order valence-electron chi connectivity index (χ0n) is 6.71. The standard InChI is InChI=1S/C10H10NS/c12-6-5-8-7-11-10-4-2-1-3-9(8)10/h1-4,7,11H,5-6H2. The minimum Gasteiger partial charge on any atom is -0.361 e. The van der Waals surface area contributed by atoms with Crippen molar-refractivity contribution in [3.05, 3.63) is 36.0 Å². The fourth-order valence-corrected chi connectivity index (χ4v) is 1.67. The largest absolute Gasteiger partial charge is 0.361 e. The second kappa shape index (κ2) is 3.23. The average Bonchev–Trinajstić information content (AvgIpc) is 2.50. The summed E-state index contributed by atoms with van der Waals surface area (Å²) in [5, 5.41) is 1.31. The zero-order chi connectivity index (χ0) is 8.39. The first kappa shape index (κ1) is 7.74. The summed E-state index contributed by atoms with van der Waals surface area (Å²) < 4.78 is 0. The van der Waals surface area contributed by atoms with E-state index in [1.54, 1.807) is 0 Å². The number of para-hydroxylation sites is 1. The van der Waals surface area contributed by atoms with Gasteiger partial charge in [0.2, 0.25) is 0 Å². The van der Waals surface area contributed by atoms with Crippen molar-refractivity contribution in [1.29, 1.82) is 0 Å². The molecule has 1 N–H and O–H groups in total. The number of nitrogens with one attached hydrogen (secondary N) is 1. The molecule has 0 unspecified atom stereocenters. The molecule has 2 rings (SSSR count). The highest BCUT2D eigenvalue weighted by molar-refractivity contribution is 7.80. The summed E-state index contributed by atoms with van der Waals surface area (Å²) in [6.07, 6.45) is 3.04. The van der Waals surface area contributed by atoms with Crippen LogP contribution < -0.4 is 0 Å². The van der Waals surface area contributed by atoms with E-state index < -0.39 is 0 Å². The topological polar surface area (TPSA) is 15.8 Å². The molecule has 0 spiro atoms. The van der Waals surface area contributed by atoms with Crippen LogP contribution in [0, 0.1) is 0 Å². The predicted octanol–water partition coefficient (Wildman–Crippen LogP) is 2.91. The summed E-state index contributed by atoms with van der Waals surface area (Å²) >= 11 is 4.95. The maximum atomic E-state index is 4.95. The normalized spacial score (nSPS) is 10.8. The highest BCUT2D eigenvalue weighted by Gasteiger charge is 2.00. The molecule has 0 saturated carbocycles. The van der Waals surface area contributed by atoms with Crippen LogP contribution in [0.4, 0.5) is 0 Å². The van der Waals surface area contributed by atoms with Crippen LogP contribution in [0.5, 0.6) is 0 Å². The van der Waals surface area contributed by atoms with Crippen LogP contribution >= 0.6 is 12.6 Å². The molecule has 0 atom stereocenters. The SMILES string of the molecule is [S]CCc1c[nH]c2ccccc12. The number of benzene rings is 1. The maximum absolute atomic E-state index is 4.95. The molecular formula is C10H10NS. The van der Waals surface area contributed by atoms with E-state index >= 15 is 0 Å². The van der Waals surface area contributed by atoms with Crippen molar-refractivity contribution in [3.8, 4) is 0 Å². The molecule has 0 aliphatic carbocycles. The maximum Gasteiger partial charge on any atom is 0.0456 e. The van der Waals surface area contributed by atoms with Crippen molar-refractivity contribution in [1.82, 2.24) is 4.98 Å². The molecule has 0 fully saturated rings. The van der Waals surface area contributed by atoms with Crippen LogP contribution in [0.15, 0.2) is 30.5 Å². The minimum atomic E-state index is 0.793. The first-order chi connectivity index (χ1) is 5.92. The molecular weight excluding hydrogens is 166 g/mol. The lowest BCUT2D eigenvalue weighted by atomic mass is 10.1. The predicted molar refractivity (Wildman–Crippen MR) is 54.5 cm³/mol. The van der Waals surface area contributed by atoms with Crippen LogP contribution in [-0.2, 0) is 6.42 Å². The molecule has 1 aromatic heterocycles. The van der Waals surface area contributed by atoms with Crippen LogP contribution in [0.2, 0.25) is 0 Å². The third-order valence-electron chi connectivity index (χ3n) is 2.05. The van der Waals surface area contributed by atoms with E-state index in [9.17, 15) is 0 Å². The molecule has 0 aliphatic heterocycles. The Kier molecular flexibility index (Phi) is 2.09. The van der Waals surface area contributed by atoms with Gasteiger partial charge >= 0.3 is 0 Å². The number of hydrogen-bond acceptors (Lipinski definition) is 0. The fraction of sp³-hybridized carbons (Fsp3) is 0.200. The number of H-pyrrole nitrogens is 1. The second-order valence-corrected chi connectivity index (χ2v) is 3.22. The lowest BCUT2D eigenvalue weighted by molar-refractivity contribution is 1.18. The van der Waals surface area contributed by atoms with Crippen LogP contribution in [0.25, 0.3) is 10.9 Å². The minimum absolute atomic E-state index is 0.793. The van der Waals surface area contributed by atoms with Crippen molar-refractivity contribution in [2.75, 3.05) is 5.75 Å². The average molecular weight is 176 g/mol. The van der Waals surface area contributed by atoms with Crippen molar-refractivity contribution in [3.63, 3.8) is 0 Å². The van der Waals surface area contributed by atoms with Gasteiger partial charge in [0.25, 0.3) is 0 Å². The first-order valence-corrected chi connectivity index (χ1v) is 4.62. The van der Waals surface area contributed by atoms with Gasteiger partial charge in [-0.1, -0.05) is 30.8 Å². The summed E-state index contributed by atoms with van der Waals surface area (Å²) in [6, 6.07) is 8.31. The third kappa shape index (κ3) is 1.23. The number of aryl methyl sites for hydroxylation is 1. The third-order valence-corrected chi connectivity index (χ3v) is 2.25. The van der Waals surface area contributed by atoms with Crippen LogP contribution in [-0.4, -0.2) is 10.7 Å². The van der Waals surface area contributed by atoms with E-state index in [1.165, 1.54) is 16.5 Å². The lowest BCUT2D eigenvalue weighted by Gasteiger charge is -1.93.